The SMILES string of the molecule is CCc1cccc(-c2c(F)cccc2C(O)(CCCNC(=O)OC)C2CCCN(C(=O)[C@H](C)NC(=O)[C@H](C)N)C2)c1. The van der Waals surface area contributed by atoms with E-state index < -0.39 is 41.4 Å². The smallest absolute Gasteiger partial charge is 0.406 e. The summed E-state index contributed by atoms with van der Waals surface area (Å²) in [6, 6.07) is 10.8. The molecule has 1 saturated heterocycles. The van der Waals surface area contributed by atoms with Gasteiger partial charge in [-0.3, -0.25) is 9.59 Å². The van der Waals surface area contributed by atoms with Gasteiger partial charge in [-0.25, -0.2) is 9.18 Å². The molecule has 224 valence electrons. The first-order valence-corrected chi connectivity index (χ1v) is 14.3. The second kappa shape index (κ2) is 14.4. The minimum Gasteiger partial charge on any atom is -0.453 e. The fourth-order valence-electron chi connectivity index (χ4n) is 5.55. The van der Waals surface area contributed by atoms with E-state index in [1.54, 1.807) is 30.9 Å². The topological polar surface area (TPSA) is 134 Å². The highest BCUT2D eigenvalue weighted by atomic mass is 19.1. The summed E-state index contributed by atoms with van der Waals surface area (Å²) in [5, 5.41) is 17.8. The normalized spacial score (nSPS) is 18.1. The van der Waals surface area contributed by atoms with Crippen LogP contribution in [0, 0.1) is 11.7 Å². The van der Waals surface area contributed by atoms with Crippen LogP contribution in [0.2, 0.25) is 0 Å². The van der Waals surface area contributed by atoms with Crippen molar-refractivity contribution in [3.05, 3.63) is 59.4 Å². The maximum absolute atomic E-state index is 15.6. The molecule has 1 aliphatic rings. The summed E-state index contributed by atoms with van der Waals surface area (Å²) >= 11 is 0. The molecule has 0 radical (unpaired) electrons. The minimum absolute atomic E-state index is 0.213. The Kier molecular flexibility index (Phi) is 11.3. The van der Waals surface area contributed by atoms with Crippen molar-refractivity contribution in [3.63, 3.8) is 0 Å². The lowest BCUT2D eigenvalue weighted by Gasteiger charge is -2.44. The Morgan fingerprint density at radius 1 is 1.22 bits per heavy atom. The van der Waals surface area contributed by atoms with Crippen LogP contribution in [0.3, 0.4) is 0 Å². The summed E-state index contributed by atoms with van der Waals surface area (Å²) < 4.78 is 20.3. The second-order valence-corrected chi connectivity index (χ2v) is 10.8. The highest BCUT2D eigenvalue weighted by Crippen LogP contribution is 2.44. The Balaban J connectivity index is 1.99. The number of methoxy groups -OCH3 is 1. The summed E-state index contributed by atoms with van der Waals surface area (Å²) in [7, 11) is 1.28. The number of aryl methyl sites for hydroxylation is 1. The number of nitrogens with one attached hydrogen (secondary N) is 2. The molecule has 2 aromatic rings. The molecule has 5 N–H and O–H groups in total. The molecular formula is C31H43FN4O5. The van der Waals surface area contributed by atoms with Crippen molar-refractivity contribution in [2.24, 2.45) is 11.7 Å². The van der Waals surface area contributed by atoms with E-state index in [0.717, 1.165) is 12.0 Å². The first-order chi connectivity index (χ1) is 19.5. The largest absolute Gasteiger partial charge is 0.453 e. The molecule has 1 aliphatic heterocycles. The van der Waals surface area contributed by atoms with Gasteiger partial charge in [-0.05, 0) is 68.7 Å². The van der Waals surface area contributed by atoms with Crippen molar-refractivity contribution in [2.75, 3.05) is 26.7 Å². The molecule has 0 spiro atoms. The molecule has 9 nitrogen and oxygen atoms in total. The summed E-state index contributed by atoms with van der Waals surface area (Å²) in [6.45, 7) is 6.14. The molecule has 1 heterocycles. The zero-order valence-corrected chi connectivity index (χ0v) is 24.4. The number of ether oxygens (including phenoxy) is 1. The van der Waals surface area contributed by atoms with Gasteiger partial charge in [0.15, 0.2) is 0 Å². The number of piperidine rings is 1. The Labute approximate surface area is 241 Å². The zero-order chi connectivity index (χ0) is 30.2. The van der Waals surface area contributed by atoms with Crippen molar-refractivity contribution in [2.45, 2.75) is 70.6 Å². The molecular weight excluding hydrogens is 527 g/mol. The Morgan fingerprint density at radius 3 is 2.63 bits per heavy atom. The molecule has 0 aromatic heterocycles. The molecule has 41 heavy (non-hydrogen) atoms. The van der Waals surface area contributed by atoms with Crippen LogP contribution in [0.25, 0.3) is 11.1 Å². The summed E-state index contributed by atoms with van der Waals surface area (Å²) in [5.41, 5.74) is 6.61. The van der Waals surface area contributed by atoms with Crippen LogP contribution >= 0.6 is 0 Å². The van der Waals surface area contributed by atoms with E-state index in [1.807, 2.05) is 31.2 Å². The average molecular weight is 571 g/mol. The third kappa shape index (κ3) is 7.83. The van der Waals surface area contributed by atoms with Crippen LogP contribution in [-0.2, 0) is 26.3 Å². The number of benzene rings is 2. The van der Waals surface area contributed by atoms with Gasteiger partial charge in [0.2, 0.25) is 11.8 Å². The van der Waals surface area contributed by atoms with Crippen LogP contribution in [0.4, 0.5) is 9.18 Å². The van der Waals surface area contributed by atoms with Crippen molar-refractivity contribution in [3.8, 4) is 11.1 Å². The average Bonchev–Trinajstić information content (AvgIpc) is 2.98. The van der Waals surface area contributed by atoms with Gasteiger partial charge in [0.25, 0.3) is 0 Å². The molecule has 3 rings (SSSR count). The molecule has 0 bridgehead atoms. The Bertz CT molecular complexity index is 1220. The maximum Gasteiger partial charge on any atom is 0.406 e. The number of amides is 3. The number of nitrogens with zero attached hydrogens (tertiary/aromatic N) is 1. The van der Waals surface area contributed by atoms with E-state index in [-0.39, 0.29) is 25.4 Å². The van der Waals surface area contributed by atoms with Crippen molar-refractivity contribution < 1.29 is 28.6 Å². The van der Waals surface area contributed by atoms with Crippen molar-refractivity contribution in [1.29, 1.82) is 0 Å². The summed E-state index contributed by atoms with van der Waals surface area (Å²) in [6.07, 6.45) is 2.04. The molecule has 4 atom stereocenters. The van der Waals surface area contributed by atoms with Gasteiger partial charge in [0, 0.05) is 31.1 Å². The number of hydrogen-bond donors (Lipinski definition) is 4. The van der Waals surface area contributed by atoms with Gasteiger partial charge < -0.3 is 31.1 Å². The first-order valence-electron chi connectivity index (χ1n) is 14.3. The number of alkyl carbamates (subject to hydrolysis) is 1. The van der Waals surface area contributed by atoms with E-state index in [0.29, 0.717) is 42.5 Å². The predicted octanol–water partition coefficient (Wildman–Crippen LogP) is 3.47. The monoisotopic (exact) mass is 570 g/mol. The van der Waals surface area contributed by atoms with Crippen LogP contribution < -0.4 is 16.4 Å². The fourth-order valence-corrected chi connectivity index (χ4v) is 5.55. The lowest BCUT2D eigenvalue weighted by atomic mass is 9.72. The Hall–Kier alpha value is -3.50. The van der Waals surface area contributed by atoms with E-state index in [1.165, 1.54) is 13.2 Å². The molecule has 1 fully saturated rings. The van der Waals surface area contributed by atoms with Gasteiger partial charge >= 0.3 is 6.09 Å². The third-order valence-electron chi connectivity index (χ3n) is 7.84. The van der Waals surface area contributed by atoms with E-state index in [4.69, 9.17) is 5.73 Å². The number of carbonyl (C=O) groups is 3. The molecule has 0 aliphatic carbocycles. The number of likely N-dealkylation sites (tertiary alicyclic amines) is 1. The third-order valence-corrected chi connectivity index (χ3v) is 7.84. The number of nitrogens with two attached hydrogens (primary N) is 1. The number of rotatable bonds is 11. The van der Waals surface area contributed by atoms with Crippen LogP contribution in [-0.4, -0.2) is 66.7 Å². The molecule has 2 unspecified atom stereocenters. The lowest BCUT2D eigenvalue weighted by Crippen LogP contribution is -2.54. The van der Waals surface area contributed by atoms with Crippen LogP contribution in [0.5, 0.6) is 0 Å². The zero-order valence-electron chi connectivity index (χ0n) is 24.4. The molecule has 10 heteroatoms. The van der Waals surface area contributed by atoms with Crippen molar-refractivity contribution >= 4 is 17.9 Å². The molecule has 2 aromatic carbocycles. The van der Waals surface area contributed by atoms with Gasteiger partial charge in [0.1, 0.15) is 11.9 Å². The van der Waals surface area contributed by atoms with Gasteiger partial charge in [-0.2, -0.15) is 0 Å². The first kappa shape index (κ1) is 32.0. The number of carbonyl (C=O) groups excluding carboxylic acids is 3. The van der Waals surface area contributed by atoms with Crippen LogP contribution in [0.1, 0.15) is 57.6 Å². The molecule has 0 saturated carbocycles. The molecule has 3 amide bonds. The predicted molar refractivity (Wildman–Crippen MR) is 155 cm³/mol. The standard InChI is InChI=1S/C31H43FN4O5/c1-5-22-10-6-11-23(18-22)27-25(13-7-14-26(27)32)31(40,15-9-16-34-30(39)41-4)24-12-8-17-36(19-24)29(38)21(3)35-28(37)20(2)33/h6-7,10-11,13-14,18,20-21,24,40H,5,8-9,12,15-17,19,33H2,1-4H3,(H,34,39)(H,35,37)/t20-,21-,24?,31?/m0/s1. The minimum atomic E-state index is -1.52. The number of halogens is 1. The van der Waals surface area contributed by atoms with E-state index in [9.17, 15) is 19.5 Å². The highest BCUT2D eigenvalue weighted by Gasteiger charge is 2.43. The number of hydrogen-bond acceptors (Lipinski definition) is 6. The summed E-state index contributed by atoms with van der Waals surface area (Å²) in [5.74, 6) is -1.57. The number of aliphatic hydroxyl groups is 1. The maximum atomic E-state index is 15.6. The van der Waals surface area contributed by atoms with E-state index in [2.05, 4.69) is 15.4 Å². The summed E-state index contributed by atoms with van der Waals surface area (Å²) in [4.78, 5) is 38.7. The van der Waals surface area contributed by atoms with Gasteiger partial charge in [-0.1, -0.05) is 43.3 Å². The fraction of sp³-hybridized carbons (Fsp3) is 0.516. The van der Waals surface area contributed by atoms with Gasteiger partial charge in [0.05, 0.1) is 18.8 Å². The highest BCUT2D eigenvalue weighted by molar-refractivity contribution is 5.89. The second-order valence-electron chi connectivity index (χ2n) is 10.8. The lowest BCUT2D eigenvalue weighted by molar-refractivity contribution is -0.140. The van der Waals surface area contributed by atoms with Crippen molar-refractivity contribution in [1.82, 2.24) is 15.5 Å². The van der Waals surface area contributed by atoms with Crippen LogP contribution in [0.15, 0.2) is 42.5 Å². The quantitative estimate of drug-likeness (QED) is 0.306. The van der Waals surface area contributed by atoms with Gasteiger partial charge in [-0.15, -0.1) is 0 Å². The Morgan fingerprint density at radius 2 is 1.95 bits per heavy atom. The van der Waals surface area contributed by atoms with E-state index >= 15 is 4.39 Å².